The summed E-state index contributed by atoms with van der Waals surface area (Å²) in [4.78, 5) is 15.1. The largest absolute Gasteiger partial charge is 0.497 e. The van der Waals surface area contributed by atoms with Crippen LogP contribution in [0.15, 0.2) is 82.5 Å². The molecule has 0 saturated heterocycles. The Kier molecular flexibility index (Phi) is 7.76. The smallest absolute Gasteiger partial charge is 0.246 e. The highest BCUT2D eigenvalue weighted by atomic mass is 32.2. The molecule has 42 heavy (non-hydrogen) atoms. The summed E-state index contributed by atoms with van der Waals surface area (Å²) in [7, 11) is -0.453. The number of ether oxygens (including phenoxy) is 1. The van der Waals surface area contributed by atoms with Gasteiger partial charge in [-0.2, -0.15) is 4.31 Å². The second kappa shape index (κ2) is 11.4. The van der Waals surface area contributed by atoms with E-state index in [0.717, 1.165) is 29.5 Å². The first-order chi connectivity index (χ1) is 20.2. The Morgan fingerprint density at radius 3 is 2.62 bits per heavy atom. The van der Waals surface area contributed by atoms with Crippen molar-refractivity contribution in [1.82, 2.24) is 9.21 Å². The van der Waals surface area contributed by atoms with Crippen molar-refractivity contribution in [3.05, 3.63) is 89.9 Å². The van der Waals surface area contributed by atoms with E-state index in [1.807, 2.05) is 24.3 Å². The summed E-state index contributed by atoms with van der Waals surface area (Å²) < 4.78 is 40.6. The SMILES string of the molecule is COc1ccc2c(c1)[C@H]1C[C@@H](N(C)C(=O)/C=C/c3ccoc3)CC[C@@]1(O)[C@H](N(CC1CC1)S(=O)(=O)c1ccccc1)C2. The van der Waals surface area contributed by atoms with Crippen molar-refractivity contribution in [3.63, 3.8) is 0 Å². The molecule has 1 heterocycles. The van der Waals surface area contributed by atoms with Crippen LogP contribution in [0.5, 0.6) is 5.75 Å². The number of likely N-dealkylation sites (N-methyl/N-ethyl adjacent to an activating group) is 1. The third kappa shape index (κ3) is 5.41. The predicted molar refractivity (Wildman–Crippen MR) is 159 cm³/mol. The molecule has 1 amide bonds. The van der Waals surface area contributed by atoms with E-state index in [1.165, 1.54) is 6.08 Å². The van der Waals surface area contributed by atoms with Gasteiger partial charge in [-0.3, -0.25) is 4.79 Å². The second-order valence-corrected chi connectivity index (χ2v) is 13.8. The van der Waals surface area contributed by atoms with Crippen LogP contribution in [0.25, 0.3) is 6.08 Å². The van der Waals surface area contributed by atoms with Gasteiger partial charge < -0.3 is 19.2 Å². The maximum Gasteiger partial charge on any atom is 0.246 e. The van der Waals surface area contributed by atoms with E-state index in [4.69, 9.17) is 9.15 Å². The Morgan fingerprint density at radius 2 is 1.93 bits per heavy atom. The lowest BCUT2D eigenvalue weighted by Crippen LogP contribution is -2.63. The molecule has 1 N–H and O–H groups in total. The van der Waals surface area contributed by atoms with Gasteiger partial charge in [-0.1, -0.05) is 24.3 Å². The van der Waals surface area contributed by atoms with Gasteiger partial charge in [-0.25, -0.2) is 8.42 Å². The van der Waals surface area contributed by atoms with E-state index < -0.39 is 21.7 Å². The Morgan fingerprint density at radius 1 is 1.14 bits per heavy atom. The van der Waals surface area contributed by atoms with Crippen LogP contribution < -0.4 is 4.74 Å². The van der Waals surface area contributed by atoms with Crippen molar-refractivity contribution < 1.29 is 27.5 Å². The second-order valence-electron chi connectivity index (χ2n) is 11.9. The monoisotopic (exact) mass is 590 g/mol. The number of sulfonamides is 1. The summed E-state index contributed by atoms with van der Waals surface area (Å²) in [6.45, 7) is 0.392. The first-order valence-electron chi connectivity index (χ1n) is 14.6. The maximum atomic E-state index is 14.2. The highest BCUT2D eigenvalue weighted by Gasteiger charge is 2.56. The van der Waals surface area contributed by atoms with Crippen LogP contribution in [0.2, 0.25) is 0 Å². The minimum Gasteiger partial charge on any atom is -0.497 e. The van der Waals surface area contributed by atoms with Gasteiger partial charge in [0.05, 0.1) is 36.2 Å². The molecule has 8 nitrogen and oxygen atoms in total. The molecule has 3 aliphatic carbocycles. The standard InChI is InChI=1S/C33H38N2O6S/c1-34(32(36)13-10-24-15-17-41-22-24)26-14-16-33(37)30(19-26)29-20-27(40-2)12-11-25(29)18-31(33)35(21-23-8-9-23)42(38,39)28-6-4-3-5-7-28/h3-7,10-13,15,17,20,22-23,26,30-31,37H,8-9,14,16,18-19,21H2,1-2H3/b13-10+/t26-,30+,31+,33-/m0/s1. The zero-order chi connectivity index (χ0) is 29.5. The van der Waals surface area contributed by atoms with E-state index in [2.05, 4.69) is 0 Å². The number of carbonyl (C=O) groups excluding carboxylic acids is 1. The Hall–Kier alpha value is -3.40. The number of hydrogen-bond acceptors (Lipinski definition) is 6. The van der Waals surface area contributed by atoms with Crippen molar-refractivity contribution in [1.29, 1.82) is 0 Å². The first-order valence-corrected chi connectivity index (χ1v) is 16.1. The van der Waals surface area contributed by atoms with Crippen molar-refractivity contribution in [2.75, 3.05) is 20.7 Å². The summed E-state index contributed by atoms with van der Waals surface area (Å²) in [5.74, 6) is 0.480. The van der Waals surface area contributed by atoms with Crippen LogP contribution in [0.3, 0.4) is 0 Å². The average Bonchev–Trinajstić information content (AvgIpc) is 3.68. The first kappa shape index (κ1) is 28.7. The third-order valence-electron chi connectivity index (χ3n) is 9.40. The minimum atomic E-state index is -3.86. The fourth-order valence-electron chi connectivity index (χ4n) is 6.77. The Bertz CT molecular complexity index is 1550. The maximum absolute atomic E-state index is 14.2. The number of aliphatic hydroxyl groups is 1. The molecular weight excluding hydrogens is 552 g/mol. The molecule has 2 fully saturated rings. The summed E-state index contributed by atoms with van der Waals surface area (Å²) in [6, 6.07) is 15.4. The van der Waals surface area contributed by atoms with Crippen molar-refractivity contribution in [3.8, 4) is 5.75 Å². The van der Waals surface area contributed by atoms with Crippen LogP contribution >= 0.6 is 0 Å². The average molecular weight is 591 g/mol. The minimum absolute atomic E-state index is 0.128. The number of carbonyl (C=O) groups is 1. The molecule has 2 saturated carbocycles. The number of rotatable bonds is 9. The topological polar surface area (TPSA) is 100 Å². The number of furan rings is 1. The number of nitrogens with zero attached hydrogens (tertiary/aromatic N) is 2. The Balaban J connectivity index is 1.36. The van der Waals surface area contributed by atoms with Gasteiger partial charge in [0.25, 0.3) is 0 Å². The highest BCUT2D eigenvalue weighted by Crippen LogP contribution is 2.52. The van der Waals surface area contributed by atoms with E-state index >= 15 is 0 Å². The lowest BCUT2D eigenvalue weighted by molar-refractivity contribution is -0.131. The number of methoxy groups -OCH3 is 1. The van der Waals surface area contributed by atoms with Gasteiger partial charge in [0.2, 0.25) is 15.9 Å². The van der Waals surface area contributed by atoms with E-state index in [1.54, 1.807) is 72.3 Å². The van der Waals surface area contributed by atoms with Crippen LogP contribution in [0, 0.1) is 5.92 Å². The molecule has 0 unspecified atom stereocenters. The molecule has 6 rings (SSSR count). The van der Waals surface area contributed by atoms with Crippen LogP contribution in [-0.2, 0) is 21.2 Å². The van der Waals surface area contributed by atoms with Crippen molar-refractivity contribution >= 4 is 22.0 Å². The molecule has 9 heteroatoms. The number of benzene rings is 2. The molecule has 4 atom stereocenters. The number of amides is 1. The molecule has 0 radical (unpaired) electrons. The molecule has 0 bridgehead atoms. The normalized spacial score (nSPS) is 25.7. The fourth-order valence-corrected chi connectivity index (χ4v) is 8.54. The van der Waals surface area contributed by atoms with Gasteiger partial charge in [0, 0.05) is 37.2 Å². The summed E-state index contributed by atoms with van der Waals surface area (Å²) in [5, 5.41) is 12.7. The molecule has 3 aliphatic rings. The molecular formula is C33H38N2O6S. The van der Waals surface area contributed by atoms with E-state index in [0.29, 0.717) is 43.9 Å². The Labute approximate surface area is 247 Å². The van der Waals surface area contributed by atoms with Gasteiger partial charge in [0.1, 0.15) is 5.75 Å². The summed E-state index contributed by atoms with van der Waals surface area (Å²) in [6.07, 6.45) is 10.2. The van der Waals surface area contributed by atoms with Gasteiger partial charge in [0.15, 0.2) is 0 Å². The van der Waals surface area contributed by atoms with E-state index in [-0.39, 0.29) is 22.8 Å². The van der Waals surface area contributed by atoms with Crippen LogP contribution in [0.4, 0.5) is 0 Å². The lowest BCUT2D eigenvalue weighted by Gasteiger charge is -2.54. The summed E-state index contributed by atoms with van der Waals surface area (Å²) >= 11 is 0. The van der Waals surface area contributed by atoms with Gasteiger partial charge in [-0.15, -0.1) is 0 Å². The summed E-state index contributed by atoms with van der Waals surface area (Å²) in [5.41, 5.74) is 1.48. The van der Waals surface area contributed by atoms with Crippen molar-refractivity contribution in [2.24, 2.45) is 5.92 Å². The highest BCUT2D eigenvalue weighted by molar-refractivity contribution is 7.89. The predicted octanol–water partition coefficient (Wildman–Crippen LogP) is 4.85. The number of fused-ring (bicyclic) bond motifs is 3. The molecule has 0 spiro atoms. The fraction of sp³-hybridized carbons (Fsp3) is 0.424. The molecule has 1 aromatic heterocycles. The lowest BCUT2D eigenvalue weighted by atomic mass is 9.61. The van der Waals surface area contributed by atoms with Gasteiger partial charge >= 0.3 is 0 Å². The third-order valence-corrected chi connectivity index (χ3v) is 11.3. The van der Waals surface area contributed by atoms with Crippen LogP contribution in [-0.4, -0.2) is 67.0 Å². The number of hydrogen-bond donors (Lipinski definition) is 1. The zero-order valence-electron chi connectivity index (χ0n) is 24.1. The molecule has 222 valence electrons. The van der Waals surface area contributed by atoms with Crippen LogP contribution in [0.1, 0.15) is 54.7 Å². The zero-order valence-corrected chi connectivity index (χ0v) is 24.9. The quantitative estimate of drug-likeness (QED) is 0.358. The van der Waals surface area contributed by atoms with E-state index in [9.17, 15) is 18.3 Å². The van der Waals surface area contributed by atoms with Gasteiger partial charge in [-0.05, 0) is 92.0 Å². The van der Waals surface area contributed by atoms with Crippen molar-refractivity contribution in [2.45, 2.75) is 67.0 Å². The molecule has 3 aromatic rings. The molecule has 0 aliphatic heterocycles. The molecule has 2 aromatic carbocycles.